The summed E-state index contributed by atoms with van der Waals surface area (Å²) in [6.45, 7) is 2.08. The first-order valence-electron chi connectivity index (χ1n) is 6.68. The highest BCUT2D eigenvalue weighted by Crippen LogP contribution is 2.21. The Kier molecular flexibility index (Phi) is 4.53. The Bertz CT molecular complexity index is 486. The summed E-state index contributed by atoms with van der Waals surface area (Å²) in [4.78, 5) is 13.8. The SMILES string of the molecule is CN(C(=O)CCC1CCNC1)c1ccccc1C#N. The van der Waals surface area contributed by atoms with E-state index in [9.17, 15) is 4.79 Å². The van der Waals surface area contributed by atoms with Crippen molar-refractivity contribution in [3.8, 4) is 6.07 Å². The zero-order chi connectivity index (χ0) is 13.7. The van der Waals surface area contributed by atoms with E-state index in [2.05, 4.69) is 11.4 Å². The van der Waals surface area contributed by atoms with E-state index in [4.69, 9.17) is 5.26 Å². The van der Waals surface area contributed by atoms with Crippen LogP contribution in [0.5, 0.6) is 0 Å². The Hall–Kier alpha value is -1.86. The molecule has 4 nitrogen and oxygen atoms in total. The van der Waals surface area contributed by atoms with Crippen LogP contribution in [0.3, 0.4) is 0 Å². The fraction of sp³-hybridized carbons (Fsp3) is 0.467. The zero-order valence-electron chi connectivity index (χ0n) is 11.2. The number of amides is 1. The number of para-hydroxylation sites is 1. The summed E-state index contributed by atoms with van der Waals surface area (Å²) in [5, 5.41) is 12.4. The minimum atomic E-state index is 0.0783. The van der Waals surface area contributed by atoms with Crippen molar-refractivity contribution in [2.45, 2.75) is 19.3 Å². The van der Waals surface area contributed by atoms with Crippen LogP contribution in [0, 0.1) is 17.2 Å². The van der Waals surface area contributed by atoms with Crippen molar-refractivity contribution in [2.75, 3.05) is 25.0 Å². The average Bonchev–Trinajstić information content (AvgIpc) is 2.97. The van der Waals surface area contributed by atoms with Crippen molar-refractivity contribution >= 4 is 11.6 Å². The molecule has 1 amide bonds. The van der Waals surface area contributed by atoms with Crippen LogP contribution in [0.2, 0.25) is 0 Å². The van der Waals surface area contributed by atoms with Crippen LogP contribution in [0.25, 0.3) is 0 Å². The maximum atomic E-state index is 12.2. The minimum absolute atomic E-state index is 0.0783. The van der Waals surface area contributed by atoms with Gasteiger partial charge >= 0.3 is 0 Å². The number of hydrogen-bond acceptors (Lipinski definition) is 3. The van der Waals surface area contributed by atoms with Crippen LogP contribution in [-0.4, -0.2) is 26.0 Å². The van der Waals surface area contributed by atoms with Crippen LogP contribution in [0.1, 0.15) is 24.8 Å². The Balaban J connectivity index is 1.96. The van der Waals surface area contributed by atoms with Crippen molar-refractivity contribution in [1.29, 1.82) is 5.26 Å². The van der Waals surface area contributed by atoms with Crippen LogP contribution < -0.4 is 10.2 Å². The fourth-order valence-corrected chi connectivity index (χ4v) is 2.45. The van der Waals surface area contributed by atoms with E-state index in [0.717, 1.165) is 25.9 Å². The third-order valence-corrected chi connectivity index (χ3v) is 3.69. The maximum Gasteiger partial charge on any atom is 0.226 e. The molecule has 1 aliphatic rings. The molecule has 1 atom stereocenters. The number of nitrogens with one attached hydrogen (secondary N) is 1. The van der Waals surface area contributed by atoms with Crippen molar-refractivity contribution in [3.05, 3.63) is 29.8 Å². The van der Waals surface area contributed by atoms with E-state index in [1.807, 2.05) is 18.2 Å². The van der Waals surface area contributed by atoms with Gasteiger partial charge in [0, 0.05) is 13.5 Å². The molecule has 1 heterocycles. The molecule has 1 N–H and O–H groups in total. The third kappa shape index (κ3) is 3.33. The van der Waals surface area contributed by atoms with Gasteiger partial charge in [0.1, 0.15) is 6.07 Å². The van der Waals surface area contributed by atoms with Gasteiger partial charge in [0.2, 0.25) is 5.91 Å². The summed E-state index contributed by atoms with van der Waals surface area (Å²) in [5.41, 5.74) is 1.24. The molecule has 2 rings (SSSR count). The fourth-order valence-electron chi connectivity index (χ4n) is 2.45. The lowest BCUT2D eigenvalue weighted by Crippen LogP contribution is -2.27. The van der Waals surface area contributed by atoms with Crippen LogP contribution in [0.15, 0.2) is 24.3 Å². The summed E-state index contributed by atoms with van der Waals surface area (Å²) in [6.07, 6.45) is 2.62. The maximum absolute atomic E-state index is 12.2. The summed E-state index contributed by atoms with van der Waals surface area (Å²) in [6, 6.07) is 9.33. The zero-order valence-corrected chi connectivity index (χ0v) is 11.2. The standard InChI is InChI=1S/C15H19N3O/c1-18(14-5-3-2-4-13(14)10-16)15(19)7-6-12-8-9-17-11-12/h2-5,12,17H,6-9,11H2,1H3. The van der Waals surface area contributed by atoms with E-state index in [0.29, 0.717) is 23.6 Å². The highest BCUT2D eigenvalue weighted by molar-refractivity contribution is 5.94. The predicted octanol–water partition coefficient (Wildman–Crippen LogP) is 1.91. The molecule has 0 radical (unpaired) electrons. The minimum Gasteiger partial charge on any atom is -0.316 e. The van der Waals surface area contributed by atoms with Gasteiger partial charge < -0.3 is 10.2 Å². The molecule has 1 aromatic carbocycles. The molecular formula is C15H19N3O. The number of benzene rings is 1. The largest absolute Gasteiger partial charge is 0.316 e. The molecule has 19 heavy (non-hydrogen) atoms. The second kappa shape index (κ2) is 6.35. The highest BCUT2D eigenvalue weighted by Gasteiger charge is 2.18. The first-order valence-corrected chi connectivity index (χ1v) is 6.68. The molecule has 1 aliphatic heterocycles. The lowest BCUT2D eigenvalue weighted by atomic mass is 10.0. The van der Waals surface area contributed by atoms with Crippen LogP contribution >= 0.6 is 0 Å². The lowest BCUT2D eigenvalue weighted by Gasteiger charge is -2.19. The predicted molar refractivity (Wildman–Crippen MR) is 74.8 cm³/mol. The number of carbonyl (C=O) groups excluding carboxylic acids is 1. The van der Waals surface area contributed by atoms with E-state index in [1.165, 1.54) is 0 Å². The van der Waals surface area contributed by atoms with Gasteiger partial charge in [-0.2, -0.15) is 5.26 Å². The Morgan fingerprint density at radius 1 is 1.53 bits per heavy atom. The second-order valence-corrected chi connectivity index (χ2v) is 4.98. The van der Waals surface area contributed by atoms with Crippen LogP contribution in [0.4, 0.5) is 5.69 Å². The Morgan fingerprint density at radius 2 is 2.32 bits per heavy atom. The summed E-state index contributed by atoms with van der Waals surface area (Å²) in [5.74, 6) is 0.693. The van der Waals surface area contributed by atoms with E-state index in [-0.39, 0.29) is 5.91 Å². The molecule has 0 spiro atoms. The average molecular weight is 257 g/mol. The number of nitriles is 1. The smallest absolute Gasteiger partial charge is 0.226 e. The molecule has 1 unspecified atom stereocenters. The molecule has 1 aromatic rings. The molecule has 0 aromatic heterocycles. The number of rotatable bonds is 4. The van der Waals surface area contributed by atoms with E-state index >= 15 is 0 Å². The monoisotopic (exact) mass is 257 g/mol. The van der Waals surface area contributed by atoms with Gasteiger partial charge in [-0.1, -0.05) is 12.1 Å². The third-order valence-electron chi connectivity index (χ3n) is 3.69. The molecule has 1 saturated heterocycles. The lowest BCUT2D eigenvalue weighted by molar-refractivity contribution is -0.118. The van der Waals surface area contributed by atoms with Gasteiger partial charge in [-0.15, -0.1) is 0 Å². The summed E-state index contributed by atoms with van der Waals surface area (Å²) >= 11 is 0. The molecule has 4 heteroatoms. The van der Waals surface area contributed by atoms with Gasteiger partial charge in [-0.25, -0.2) is 0 Å². The van der Waals surface area contributed by atoms with Gasteiger partial charge in [0.25, 0.3) is 0 Å². The molecule has 100 valence electrons. The van der Waals surface area contributed by atoms with Crippen molar-refractivity contribution in [1.82, 2.24) is 5.32 Å². The van der Waals surface area contributed by atoms with Crippen molar-refractivity contribution in [3.63, 3.8) is 0 Å². The van der Waals surface area contributed by atoms with Gasteiger partial charge in [-0.3, -0.25) is 4.79 Å². The van der Waals surface area contributed by atoms with Crippen molar-refractivity contribution < 1.29 is 4.79 Å². The Morgan fingerprint density at radius 3 is 3.00 bits per heavy atom. The van der Waals surface area contributed by atoms with Crippen molar-refractivity contribution in [2.24, 2.45) is 5.92 Å². The number of anilines is 1. The second-order valence-electron chi connectivity index (χ2n) is 4.98. The molecule has 0 saturated carbocycles. The summed E-state index contributed by atoms with van der Waals surface area (Å²) in [7, 11) is 1.74. The molecule has 0 aliphatic carbocycles. The molecule has 1 fully saturated rings. The van der Waals surface area contributed by atoms with Crippen LogP contribution in [-0.2, 0) is 4.79 Å². The van der Waals surface area contributed by atoms with Gasteiger partial charge in [0.05, 0.1) is 11.3 Å². The van der Waals surface area contributed by atoms with Gasteiger partial charge in [-0.05, 0) is 44.0 Å². The summed E-state index contributed by atoms with van der Waals surface area (Å²) < 4.78 is 0. The molecular weight excluding hydrogens is 238 g/mol. The Labute approximate surface area is 114 Å². The normalized spacial score (nSPS) is 18.0. The topological polar surface area (TPSA) is 56.1 Å². The quantitative estimate of drug-likeness (QED) is 0.896. The van der Waals surface area contributed by atoms with Gasteiger partial charge in [0.15, 0.2) is 0 Å². The molecule has 0 bridgehead atoms. The highest BCUT2D eigenvalue weighted by atomic mass is 16.2. The number of nitrogens with zero attached hydrogens (tertiary/aromatic N) is 2. The van der Waals surface area contributed by atoms with E-state index < -0.39 is 0 Å². The van der Waals surface area contributed by atoms with E-state index in [1.54, 1.807) is 18.0 Å². The number of carbonyl (C=O) groups is 1. The first-order chi connectivity index (χ1) is 9.22. The first kappa shape index (κ1) is 13.6. The number of hydrogen-bond donors (Lipinski definition) is 1.